The lowest BCUT2D eigenvalue weighted by Gasteiger charge is -2.09. The van der Waals surface area contributed by atoms with Crippen molar-refractivity contribution >= 4 is 21.4 Å². The summed E-state index contributed by atoms with van der Waals surface area (Å²) in [7, 11) is -2.09. The number of nitrogen functional groups attached to an aromatic ring is 2. The van der Waals surface area contributed by atoms with Crippen LogP contribution in [0.25, 0.3) is 0 Å². The Morgan fingerprint density at radius 2 is 1.62 bits per heavy atom. The average Bonchev–Trinajstić information content (AvgIpc) is 2.45. The summed E-state index contributed by atoms with van der Waals surface area (Å²) in [6.07, 6.45) is 0. The lowest BCUT2D eigenvalue weighted by molar-refractivity contribution is 0.414. The monoisotopic (exact) mass is 307 g/mol. The Balaban J connectivity index is 2.13. The largest absolute Gasteiger partial charge is 0.497 e. The van der Waals surface area contributed by atoms with Crippen molar-refractivity contribution < 1.29 is 13.2 Å². The van der Waals surface area contributed by atoms with Crippen molar-refractivity contribution in [3.05, 3.63) is 48.0 Å². The molecular formula is C14H17N3O3S. The van der Waals surface area contributed by atoms with E-state index in [0.29, 0.717) is 17.1 Å². The van der Waals surface area contributed by atoms with Crippen LogP contribution in [0.15, 0.2) is 47.4 Å². The molecule has 2 aromatic carbocycles. The maximum Gasteiger partial charge on any atom is 0.241 e. The molecule has 0 saturated carbocycles. The number of hydrogen-bond acceptors (Lipinski definition) is 5. The maximum absolute atomic E-state index is 12.2. The molecule has 0 aliphatic carbocycles. The first kappa shape index (κ1) is 15.1. The van der Waals surface area contributed by atoms with Crippen molar-refractivity contribution in [2.45, 2.75) is 11.4 Å². The van der Waals surface area contributed by atoms with Crippen molar-refractivity contribution in [2.24, 2.45) is 0 Å². The highest BCUT2D eigenvalue weighted by molar-refractivity contribution is 7.89. The predicted octanol–water partition coefficient (Wildman–Crippen LogP) is 1.34. The molecule has 6 nitrogen and oxygen atoms in total. The van der Waals surface area contributed by atoms with Crippen molar-refractivity contribution in [3.8, 4) is 5.75 Å². The molecule has 21 heavy (non-hydrogen) atoms. The third-order valence-electron chi connectivity index (χ3n) is 2.89. The van der Waals surface area contributed by atoms with Gasteiger partial charge in [0.15, 0.2) is 0 Å². The molecule has 112 valence electrons. The molecule has 0 heterocycles. The van der Waals surface area contributed by atoms with E-state index in [1.807, 2.05) is 0 Å². The molecule has 5 N–H and O–H groups in total. The number of hydrogen-bond donors (Lipinski definition) is 3. The SMILES string of the molecule is COc1ccc(CNS(=O)(=O)c2cc(N)cc(N)c2)cc1. The first-order valence-corrected chi connectivity index (χ1v) is 7.67. The Morgan fingerprint density at radius 1 is 1.05 bits per heavy atom. The van der Waals surface area contributed by atoms with E-state index in [9.17, 15) is 8.42 Å². The molecule has 2 aromatic rings. The van der Waals surface area contributed by atoms with Gasteiger partial charge in [0, 0.05) is 17.9 Å². The van der Waals surface area contributed by atoms with Crippen LogP contribution in [0, 0.1) is 0 Å². The Hall–Kier alpha value is -2.25. The third-order valence-corrected chi connectivity index (χ3v) is 4.27. The summed E-state index contributed by atoms with van der Waals surface area (Å²) in [5.41, 5.74) is 12.6. The van der Waals surface area contributed by atoms with Gasteiger partial charge in [-0.15, -0.1) is 0 Å². The van der Waals surface area contributed by atoms with E-state index in [1.54, 1.807) is 31.4 Å². The van der Waals surface area contributed by atoms with Gasteiger partial charge in [-0.05, 0) is 35.9 Å². The van der Waals surface area contributed by atoms with Gasteiger partial charge in [0.1, 0.15) is 5.75 Å². The van der Waals surface area contributed by atoms with Gasteiger partial charge in [-0.3, -0.25) is 0 Å². The standard InChI is InChI=1S/C14H17N3O3S/c1-20-13-4-2-10(3-5-13)9-17-21(18,19)14-7-11(15)6-12(16)8-14/h2-8,17H,9,15-16H2,1H3. The van der Waals surface area contributed by atoms with Crippen LogP contribution >= 0.6 is 0 Å². The normalized spacial score (nSPS) is 11.3. The zero-order valence-electron chi connectivity index (χ0n) is 11.5. The number of ether oxygens (including phenoxy) is 1. The van der Waals surface area contributed by atoms with Gasteiger partial charge in [0.2, 0.25) is 10.0 Å². The minimum absolute atomic E-state index is 0.0495. The van der Waals surface area contributed by atoms with Gasteiger partial charge in [-0.2, -0.15) is 0 Å². The van der Waals surface area contributed by atoms with Crippen LogP contribution in [0.5, 0.6) is 5.75 Å². The molecular weight excluding hydrogens is 290 g/mol. The van der Waals surface area contributed by atoms with Crippen molar-refractivity contribution in [1.82, 2.24) is 4.72 Å². The van der Waals surface area contributed by atoms with E-state index in [-0.39, 0.29) is 11.4 Å². The molecule has 0 amide bonds. The van der Waals surface area contributed by atoms with Crippen LogP contribution in [-0.4, -0.2) is 15.5 Å². The zero-order valence-corrected chi connectivity index (χ0v) is 12.4. The van der Waals surface area contributed by atoms with Crippen molar-refractivity contribution in [2.75, 3.05) is 18.6 Å². The summed E-state index contributed by atoms with van der Waals surface area (Å²) in [4.78, 5) is 0.0495. The summed E-state index contributed by atoms with van der Waals surface area (Å²) < 4.78 is 31.9. The average molecular weight is 307 g/mol. The lowest BCUT2D eigenvalue weighted by Crippen LogP contribution is -2.23. The molecule has 0 bridgehead atoms. The molecule has 0 aliphatic heterocycles. The third kappa shape index (κ3) is 3.87. The lowest BCUT2D eigenvalue weighted by atomic mass is 10.2. The molecule has 0 fully saturated rings. The van der Waals surface area contributed by atoms with Gasteiger partial charge in [-0.25, -0.2) is 13.1 Å². The van der Waals surface area contributed by atoms with E-state index < -0.39 is 10.0 Å². The number of sulfonamides is 1. The fourth-order valence-electron chi connectivity index (χ4n) is 1.81. The quantitative estimate of drug-likeness (QED) is 0.722. The van der Waals surface area contributed by atoms with Gasteiger partial charge in [0.05, 0.1) is 12.0 Å². The predicted molar refractivity (Wildman–Crippen MR) is 82.3 cm³/mol. The molecule has 0 radical (unpaired) electrons. The number of benzene rings is 2. The van der Waals surface area contributed by atoms with Crippen LogP contribution in [0.1, 0.15) is 5.56 Å². The van der Waals surface area contributed by atoms with E-state index in [2.05, 4.69) is 4.72 Å². The molecule has 0 spiro atoms. The molecule has 0 aromatic heterocycles. The Labute approximate surface area is 123 Å². The Bertz CT molecular complexity index is 707. The van der Waals surface area contributed by atoms with Crippen LogP contribution in [-0.2, 0) is 16.6 Å². The minimum atomic E-state index is -3.66. The number of rotatable bonds is 5. The molecule has 0 atom stereocenters. The Morgan fingerprint density at radius 3 is 2.14 bits per heavy atom. The van der Waals surface area contributed by atoms with Crippen molar-refractivity contribution in [1.29, 1.82) is 0 Å². The number of anilines is 2. The maximum atomic E-state index is 12.2. The zero-order chi connectivity index (χ0) is 15.5. The topological polar surface area (TPSA) is 107 Å². The van der Waals surface area contributed by atoms with Gasteiger partial charge < -0.3 is 16.2 Å². The summed E-state index contributed by atoms with van der Waals surface area (Å²) in [6, 6.07) is 11.3. The van der Waals surface area contributed by atoms with E-state index in [0.717, 1.165) is 5.56 Å². The van der Waals surface area contributed by atoms with E-state index >= 15 is 0 Å². The van der Waals surface area contributed by atoms with Crippen molar-refractivity contribution in [3.63, 3.8) is 0 Å². The van der Waals surface area contributed by atoms with Gasteiger partial charge in [-0.1, -0.05) is 12.1 Å². The van der Waals surface area contributed by atoms with Crippen LogP contribution in [0.4, 0.5) is 11.4 Å². The van der Waals surface area contributed by atoms with Crippen LogP contribution < -0.4 is 20.9 Å². The second-order valence-corrected chi connectivity index (χ2v) is 6.27. The number of nitrogens with one attached hydrogen (secondary N) is 1. The smallest absolute Gasteiger partial charge is 0.241 e. The highest BCUT2D eigenvalue weighted by atomic mass is 32.2. The first-order chi connectivity index (χ1) is 9.90. The Kier molecular flexibility index (Phi) is 4.35. The summed E-state index contributed by atoms with van der Waals surface area (Å²) in [5, 5.41) is 0. The highest BCUT2D eigenvalue weighted by Gasteiger charge is 2.14. The number of methoxy groups -OCH3 is 1. The second kappa shape index (κ2) is 6.02. The first-order valence-electron chi connectivity index (χ1n) is 6.19. The fraction of sp³-hybridized carbons (Fsp3) is 0.143. The molecule has 0 aliphatic rings. The summed E-state index contributed by atoms with van der Waals surface area (Å²) in [5.74, 6) is 0.713. The molecule has 2 rings (SSSR count). The van der Waals surface area contributed by atoms with Crippen LogP contribution in [0.3, 0.4) is 0 Å². The van der Waals surface area contributed by atoms with Gasteiger partial charge in [0.25, 0.3) is 0 Å². The molecule has 7 heteroatoms. The van der Waals surface area contributed by atoms with E-state index in [4.69, 9.17) is 16.2 Å². The molecule has 0 unspecified atom stereocenters. The van der Waals surface area contributed by atoms with E-state index in [1.165, 1.54) is 18.2 Å². The summed E-state index contributed by atoms with van der Waals surface area (Å²) >= 11 is 0. The summed E-state index contributed by atoms with van der Waals surface area (Å²) in [6.45, 7) is 0.168. The van der Waals surface area contributed by atoms with Gasteiger partial charge >= 0.3 is 0 Å². The highest BCUT2D eigenvalue weighted by Crippen LogP contribution is 2.18. The number of nitrogens with two attached hydrogens (primary N) is 2. The molecule has 0 saturated heterocycles. The second-order valence-electron chi connectivity index (χ2n) is 4.51. The fourth-order valence-corrected chi connectivity index (χ4v) is 2.91. The minimum Gasteiger partial charge on any atom is -0.497 e. The van der Waals surface area contributed by atoms with Crippen LogP contribution in [0.2, 0.25) is 0 Å².